The van der Waals surface area contributed by atoms with Crippen molar-refractivity contribution in [2.24, 2.45) is 0 Å². The largest absolute Gasteiger partial charge is 0.493 e. The highest BCUT2D eigenvalue weighted by molar-refractivity contribution is 6.30. The molecule has 0 saturated carbocycles. The molecule has 2 aromatic rings. The molecule has 2 aromatic carbocycles. The van der Waals surface area contributed by atoms with Gasteiger partial charge in [0.15, 0.2) is 11.5 Å². The molecule has 1 N–H and O–H groups in total. The lowest BCUT2D eigenvalue weighted by Crippen LogP contribution is -2.22. The topological polar surface area (TPSA) is 47.6 Å². The van der Waals surface area contributed by atoms with Crippen LogP contribution in [0.2, 0.25) is 5.02 Å². The SMILES string of the molecule is COc1ccc(C(=O)NCc2ccc(Cl)cc2)cc1OC. The fourth-order valence-electron chi connectivity index (χ4n) is 1.86. The number of benzene rings is 2. The van der Waals surface area contributed by atoms with E-state index in [1.165, 1.54) is 7.11 Å². The van der Waals surface area contributed by atoms with Crippen LogP contribution in [-0.2, 0) is 6.54 Å². The molecular weight excluding hydrogens is 290 g/mol. The summed E-state index contributed by atoms with van der Waals surface area (Å²) in [6.07, 6.45) is 0. The van der Waals surface area contributed by atoms with Crippen LogP contribution in [0.3, 0.4) is 0 Å². The highest BCUT2D eigenvalue weighted by atomic mass is 35.5. The number of amides is 1. The van der Waals surface area contributed by atoms with Gasteiger partial charge < -0.3 is 14.8 Å². The molecule has 0 bridgehead atoms. The Kier molecular flexibility index (Phi) is 5.06. The third-order valence-corrected chi connectivity index (χ3v) is 3.26. The molecule has 4 nitrogen and oxygen atoms in total. The number of hydrogen-bond acceptors (Lipinski definition) is 3. The van der Waals surface area contributed by atoms with Crippen LogP contribution in [0.15, 0.2) is 42.5 Å². The predicted molar refractivity (Wildman–Crippen MR) is 82.2 cm³/mol. The molecule has 0 fully saturated rings. The van der Waals surface area contributed by atoms with Gasteiger partial charge in [-0.2, -0.15) is 0 Å². The summed E-state index contributed by atoms with van der Waals surface area (Å²) in [6, 6.07) is 12.4. The first-order chi connectivity index (χ1) is 10.1. The van der Waals surface area contributed by atoms with E-state index in [-0.39, 0.29) is 5.91 Å². The van der Waals surface area contributed by atoms with Crippen molar-refractivity contribution >= 4 is 17.5 Å². The maximum absolute atomic E-state index is 12.1. The monoisotopic (exact) mass is 305 g/mol. The number of ether oxygens (including phenoxy) is 2. The molecular formula is C16H16ClNO3. The van der Waals surface area contributed by atoms with Crippen molar-refractivity contribution in [2.75, 3.05) is 14.2 Å². The minimum absolute atomic E-state index is 0.175. The maximum atomic E-state index is 12.1. The standard InChI is InChI=1S/C16H16ClNO3/c1-20-14-8-5-12(9-15(14)21-2)16(19)18-10-11-3-6-13(17)7-4-11/h3-9H,10H2,1-2H3,(H,18,19). The molecule has 0 aromatic heterocycles. The summed E-state index contributed by atoms with van der Waals surface area (Å²) in [5.74, 6) is 0.939. The third-order valence-electron chi connectivity index (χ3n) is 3.01. The Morgan fingerprint density at radius 2 is 1.71 bits per heavy atom. The van der Waals surface area contributed by atoms with E-state index in [1.807, 2.05) is 12.1 Å². The lowest BCUT2D eigenvalue weighted by Gasteiger charge is -2.10. The Morgan fingerprint density at radius 1 is 1.05 bits per heavy atom. The molecule has 0 atom stereocenters. The molecule has 0 aliphatic carbocycles. The molecule has 0 saturated heterocycles. The number of methoxy groups -OCH3 is 2. The molecule has 5 heteroatoms. The summed E-state index contributed by atoms with van der Waals surface area (Å²) < 4.78 is 10.3. The molecule has 2 rings (SSSR count). The molecule has 110 valence electrons. The molecule has 0 spiro atoms. The smallest absolute Gasteiger partial charge is 0.251 e. The van der Waals surface area contributed by atoms with Crippen molar-refractivity contribution in [3.63, 3.8) is 0 Å². The van der Waals surface area contributed by atoms with E-state index in [2.05, 4.69) is 5.32 Å². The van der Waals surface area contributed by atoms with Gasteiger partial charge >= 0.3 is 0 Å². The fourth-order valence-corrected chi connectivity index (χ4v) is 1.99. The molecule has 21 heavy (non-hydrogen) atoms. The molecule has 0 aliphatic rings. The summed E-state index contributed by atoms with van der Waals surface area (Å²) in [7, 11) is 3.09. The van der Waals surface area contributed by atoms with Gasteiger partial charge in [-0.25, -0.2) is 0 Å². The Morgan fingerprint density at radius 3 is 2.33 bits per heavy atom. The minimum Gasteiger partial charge on any atom is -0.493 e. The van der Waals surface area contributed by atoms with E-state index in [9.17, 15) is 4.79 Å². The van der Waals surface area contributed by atoms with Crippen molar-refractivity contribution in [3.8, 4) is 11.5 Å². The van der Waals surface area contributed by atoms with Gasteiger partial charge in [-0.15, -0.1) is 0 Å². The lowest BCUT2D eigenvalue weighted by molar-refractivity contribution is 0.0950. The van der Waals surface area contributed by atoms with Crippen molar-refractivity contribution in [3.05, 3.63) is 58.6 Å². The van der Waals surface area contributed by atoms with Crippen LogP contribution in [0.5, 0.6) is 11.5 Å². The Hall–Kier alpha value is -2.20. The van der Waals surface area contributed by atoms with Crippen LogP contribution in [0.1, 0.15) is 15.9 Å². The van der Waals surface area contributed by atoms with E-state index in [4.69, 9.17) is 21.1 Å². The quantitative estimate of drug-likeness (QED) is 0.922. The van der Waals surface area contributed by atoms with Gasteiger partial charge in [-0.1, -0.05) is 23.7 Å². The summed E-state index contributed by atoms with van der Waals surface area (Å²) >= 11 is 5.82. The second kappa shape index (κ2) is 6.99. The zero-order chi connectivity index (χ0) is 15.2. The maximum Gasteiger partial charge on any atom is 0.251 e. The average Bonchev–Trinajstić information content (AvgIpc) is 2.53. The van der Waals surface area contributed by atoms with Crippen LogP contribution in [0, 0.1) is 0 Å². The molecule has 0 heterocycles. The molecule has 1 amide bonds. The first-order valence-electron chi connectivity index (χ1n) is 6.38. The zero-order valence-electron chi connectivity index (χ0n) is 11.9. The van der Waals surface area contributed by atoms with E-state index in [0.29, 0.717) is 28.6 Å². The van der Waals surface area contributed by atoms with Crippen molar-refractivity contribution in [1.82, 2.24) is 5.32 Å². The molecule has 0 unspecified atom stereocenters. The van der Waals surface area contributed by atoms with E-state index in [0.717, 1.165) is 5.56 Å². The number of rotatable bonds is 5. The second-order valence-corrected chi connectivity index (χ2v) is 4.82. The van der Waals surface area contributed by atoms with Crippen molar-refractivity contribution in [1.29, 1.82) is 0 Å². The molecule has 0 aliphatic heterocycles. The van der Waals surface area contributed by atoms with E-state index in [1.54, 1.807) is 37.4 Å². The van der Waals surface area contributed by atoms with Crippen LogP contribution < -0.4 is 14.8 Å². The van der Waals surface area contributed by atoms with E-state index < -0.39 is 0 Å². The van der Waals surface area contributed by atoms with Crippen LogP contribution in [0.4, 0.5) is 0 Å². The Bertz CT molecular complexity index is 626. The zero-order valence-corrected chi connectivity index (χ0v) is 12.6. The van der Waals surface area contributed by atoms with Gasteiger partial charge in [0.05, 0.1) is 14.2 Å². The second-order valence-electron chi connectivity index (χ2n) is 4.38. The number of hydrogen-bond donors (Lipinski definition) is 1. The van der Waals surface area contributed by atoms with Crippen molar-refractivity contribution in [2.45, 2.75) is 6.54 Å². The van der Waals surface area contributed by atoms with Gasteiger partial charge in [0.25, 0.3) is 5.91 Å². The van der Waals surface area contributed by atoms with Gasteiger partial charge in [-0.3, -0.25) is 4.79 Å². The van der Waals surface area contributed by atoms with Crippen molar-refractivity contribution < 1.29 is 14.3 Å². The number of carbonyl (C=O) groups is 1. The van der Waals surface area contributed by atoms with Crippen LogP contribution in [-0.4, -0.2) is 20.1 Å². The highest BCUT2D eigenvalue weighted by Gasteiger charge is 2.10. The number of carbonyl (C=O) groups excluding carboxylic acids is 1. The third kappa shape index (κ3) is 3.89. The predicted octanol–water partition coefficient (Wildman–Crippen LogP) is 3.29. The number of nitrogens with one attached hydrogen (secondary N) is 1. The summed E-state index contributed by atoms with van der Waals surface area (Å²) in [5, 5.41) is 3.52. The molecule has 0 radical (unpaired) electrons. The summed E-state index contributed by atoms with van der Waals surface area (Å²) in [6.45, 7) is 0.435. The van der Waals surface area contributed by atoms with Gasteiger partial charge in [-0.05, 0) is 35.9 Å². The Labute approximate surface area is 128 Å². The highest BCUT2D eigenvalue weighted by Crippen LogP contribution is 2.27. The minimum atomic E-state index is -0.175. The lowest BCUT2D eigenvalue weighted by atomic mass is 10.1. The normalized spacial score (nSPS) is 10.0. The summed E-state index contributed by atoms with van der Waals surface area (Å²) in [4.78, 5) is 12.1. The van der Waals surface area contributed by atoms with Gasteiger partial charge in [0.1, 0.15) is 0 Å². The number of halogens is 1. The average molecular weight is 306 g/mol. The first-order valence-corrected chi connectivity index (χ1v) is 6.76. The van der Waals surface area contributed by atoms with Gasteiger partial charge in [0.2, 0.25) is 0 Å². The first kappa shape index (κ1) is 15.2. The van der Waals surface area contributed by atoms with E-state index >= 15 is 0 Å². The fraction of sp³-hybridized carbons (Fsp3) is 0.188. The summed E-state index contributed by atoms with van der Waals surface area (Å²) in [5.41, 5.74) is 1.50. The van der Waals surface area contributed by atoms with Crippen LogP contribution in [0.25, 0.3) is 0 Å². The Balaban J connectivity index is 2.04. The van der Waals surface area contributed by atoms with Gasteiger partial charge in [0, 0.05) is 17.1 Å². The van der Waals surface area contributed by atoms with Crippen LogP contribution >= 0.6 is 11.6 Å².